The number of piperidine rings is 1. The molecule has 476 valence electrons. The lowest BCUT2D eigenvalue weighted by Crippen LogP contribution is -2.53. The Morgan fingerprint density at radius 1 is 0.693 bits per heavy atom. The van der Waals surface area contributed by atoms with Crippen molar-refractivity contribution in [1.82, 2.24) is 14.1 Å². The highest BCUT2D eigenvalue weighted by molar-refractivity contribution is 8.11. The zero-order valence-corrected chi connectivity index (χ0v) is 55.2. The molecule has 0 radical (unpaired) electrons. The fourth-order valence-electron chi connectivity index (χ4n) is 9.95. The van der Waals surface area contributed by atoms with Crippen molar-refractivity contribution in [2.24, 2.45) is 4.99 Å². The minimum Gasteiger partial charge on any atom is -0.464 e. The Kier molecular flexibility index (Phi) is 26.8. The number of carbonyl (C=O) groups excluding carboxylic acids is 2. The van der Waals surface area contributed by atoms with E-state index in [1.807, 2.05) is 37.8 Å². The number of benzene rings is 6. The van der Waals surface area contributed by atoms with Gasteiger partial charge in [-0.05, 0) is 116 Å². The molecule has 0 saturated carbocycles. The number of nitrogens with two attached hydrogens (primary N) is 1. The molecule has 0 bridgehead atoms. The van der Waals surface area contributed by atoms with E-state index in [0.29, 0.717) is 70.1 Å². The number of fused-ring (bicyclic) bond motifs is 1. The Morgan fingerprint density at radius 3 is 1.64 bits per heavy atom. The van der Waals surface area contributed by atoms with E-state index in [0.717, 1.165) is 24.2 Å². The molecule has 3 fully saturated rings. The molecule has 17 nitrogen and oxygen atoms in total. The number of aliphatic imine (C=N–C) groups is 1. The average Bonchev–Trinajstić information content (AvgIpc) is 4.05. The third kappa shape index (κ3) is 22.3. The number of ether oxygens (including phenoxy) is 2. The Hall–Kier alpha value is -6.43. The van der Waals surface area contributed by atoms with Gasteiger partial charge in [0.1, 0.15) is 11.6 Å². The lowest BCUT2D eigenvalue weighted by Gasteiger charge is -2.35. The van der Waals surface area contributed by atoms with E-state index in [-0.39, 0.29) is 54.6 Å². The van der Waals surface area contributed by atoms with Gasteiger partial charge in [0.25, 0.3) is 0 Å². The molecule has 4 heterocycles. The molecule has 1 unspecified atom stereocenters. The quantitative estimate of drug-likeness (QED) is 0.0521. The predicted molar refractivity (Wildman–Crippen MR) is 354 cm³/mol. The number of sulfonamides is 3. The lowest BCUT2D eigenvalue weighted by molar-refractivity contribution is -0.142. The van der Waals surface area contributed by atoms with Crippen LogP contribution in [0.5, 0.6) is 0 Å². The van der Waals surface area contributed by atoms with Crippen LogP contribution in [-0.2, 0) is 61.7 Å². The summed E-state index contributed by atoms with van der Waals surface area (Å²) in [5.74, 6) is -0.344. The minimum atomic E-state index is -4.22. The van der Waals surface area contributed by atoms with E-state index in [1.54, 1.807) is 4.90 Å². The summed E-state index contributed by atoms with van der Waals surface area (Å²) in [5.41, 5.74) is 14.1. The van der Waals surface area contributed by atoms with Crippen LogP contribution in [0.1, 0.15) is 115 Å². The van der Waals surface area contributed by atoms with E-state index in [2.05, 4.69) is 188 Å². The number of para-hydroxylation sites is 2. The number of nitrogen functional groups attached to an aromatic ring is 1. The number of esters is 1. The van der Waals surface area contributed by atoms with Gasteiger partial charge in [-0.3, -0.25) is 14.7 Å². The van der Waals surface area contributed by atoms with Crippen molar-refractivity contribution in [3.63, 3.8) is 0 Å². The first-order chi connectivity index (χ1) is 41.8. The van der Waals surface area contributed by atoms with Crippen LogP contribution >= 0.6 is 0 Å². The molecule has 1 amide bonds. The normalized spacial score (nSPS) is 16.5. The van der Waals surface area contributed by atoms with Gasteiger partial charge in [0.15, 0.2) is 14.7 Å². The minimum absolute atomic E-state index is 0.0146. The number of rotatable bonds is 16. The largest absolute Gasteiger partial charge is 0.464 e. The van der Waals surface area contributed by atoms with Crippen LogP contribution in [0, 0.1) is 0 Å². The highest BCUT2D eigenvalue weighted by Crippen LogP contribution is 2.32. The van der Waals surface area contributed by atoms with E-state index in [1.165, 1.54) is 47.0 Å². The zero-order valence-electron chi connectivity index (χ0n) is 52.0. The number of carbonyl (C=O) groups is 2. The van der Waals surface area contributed by atoms with Crippen LogP contribution in [0.4, 0.5) is 16.2 Å². The van der Waals surface area contributed by atoms with Crippen LogP contribution in [-0.4, -0.2) is 144 Å². The average molecular weight is 1280 g/mol. The molecule has 21 heteroatoms. The number of cyclic esters (lactones) is 1. The predicted octanol–water partition coefficient (Wildman–Crippen LogP) is 11.7. The van der Waals surface area contributed by atoms with E-state index < -0.39 is 47.2 Å². The second-order valence-electron chi connectivity index (χ2n) is 23.0. The first-order valence-electron chi connectivity index (χ1n) is 30.0. The summed E-state index contributed by atoms with van der Waals surface area (Å²) < 4.78 is 83.8. The third-order valence-electron chi connectivity index (χ3n) is 15.1. The first kappa shape index (κ1) is 70.7. The number of likely N-dealkylation sites (tertiary alicyclic amines) is 1. The summed E-state index contributed by atoms with van der Waals surface area (Å²) in [5, 5.41) is 9.31. The number of amides is 1. The van der Waals surface area contributed by atoms with E-state index in [9.17, 15) is 39.9 Å². The van der Waals surface area contributed by atoms with Crippen LogP contribution < -0.4 is 5.73 Å². The van der Waals surface area contributed by atoms with Gasteiger partial charge in [0.05, 0.1) is 60.8 Å². The molecule has 4 aliphatic rings. The van der Waals surface area contributed by atoms with Gasteiger partial charge >= 0.3 is 12.1 Å². The molecule has 1 atom stereocenters. The van der Waals surface area contributed by atoms with Crippen molar-refractivity contribution >= 4 is 70.1 Å². The summed E-state index contributed by atoms with van der Waals surface area (Å²) in [6.07, 6.45) is 3.55. The molecule has 3 saturated heterocycles. The SMILES string of the molecule is CC(C)c1cccc(C(C)C)c1N.CCC(C)(C)OC(=O)N1CCC(O)CC1.CS(=O)(=O)[N-]S(=O)(=O)CCCS(=O)(=O)N1CCN(C2CCOC2=O)CC1.c1ccc(C2=Nc3ccccc3C2)cc1.c1ccc([S+](c2ccccc2)c2ccccc2)cc1. The van der Waals surface area contributed by atoms with Crippen molar-refractivity contribution in [3.8, 4) is 0 Å². The second kappa shape index (κ2) is 33.4. The molecule has 0 spiro atoms. The van der Waals surface area contributed by atoms with Gasteiger partial charge in [-0.1, -0.05) is 156 Å². The summed E-state index contributed by atoms with van der Waals surface area (Å²) in [4.78, 5) is 35.6. The molecule has 6 aromatic rings. The number of aliphatic hydroxyl groups is 1. The Morgan fingerprint density at radius 2 is 1.18 bits per heavy atom. The number of hydrogen-bond acceptors (Lipinski definition) is 14. The topological polar surface area (TPSA) is 237 Å². The van der Waals surface area contributed by atoms with Crippen molar-refractivity contribution in [2.75, 3.05) is 69.4 Å². The Labute approximate surface area is 526 Å². The summed E-state index contributed by atoms with van der Waals surface area (Å²) >= 11 is 0. The monoisotopic (exact) mass is 1280 g/mol. The summed E-state index contributed by atoms with van der Waals surface area (Å²) in [6.45, 7) is 17.3. The molecule has 0 aromatic heterocycles. The summed E-state index contributed by atoms with van der Waals surface area (Å²) in [7, 11) is -12.0. The van der Waals surface area contributed by atoms with Crippen LogP contribution in [0.15, 0.2) is 183 Å². The van der Waals surface area contributed by atoms with E-state index in [4.69, 9.17) is 15.2 Å². The van der Waals surface area contributed by atoms with Gasteiger partial charge in [-0.2, -0.15) is 4.31 Å². The van der Waals surface area contributed by atoms with Gasteiger partial charge in [-0.15, -0.1) is 0 Å². The van der Waals surface area contributed by atoms with Crippen molar-refractivity contribution in [3.05, 3.63) is 190 Å². The molecule has 10 rings (SSSR count). The molecular weight excluding hydrogens is 1190 g/mol. The van der Waals surface area contributed by atoms with Gasteiger partial charge in [0.2, 0.25) is 10.0 Å². The molecule has 4 aliphatic heterocycles. The number of piperazine rings is 1. The highest BCUT2D eigenvalue weighted by atomic mass is 32.3. The van der Waals surface area contributed by atoms with Crippen LogP contribution in [0.25, 0.3) is 4.13 Å². The Bertz CT molecular complexity index is 3410. The van der Waals surface area contributed by atoms with Crippen LogP contribution in [0.2, 0.25) is 0 Å². The fraction of sp³-hybridized carbons (Fsp3) is 0.418. The molecule has 0 aliphatic carbocycles. The lowest BCUT2D eigenvalue weighted by atomic mass is 9.93. The van der Waals surface area contributed by atoms with Crippen LogP contribution in [0.3, 0.4) is 0 Å². The fourth-order valence-corrected chi connectivity index (χ4v) is 16.2. The molecule has 88 heavy (non-hydrogen) atoms. The standard InChI is InChI=1S/C18H15S.C14H11N.C12H22N3O8S3.C12H19N.C11H21NO3/c1-4-10-16(11-5-1)19(17-12-6-2-7-13-17)18-14-8-3-9-15-18;1-2-6-11(7-3-1)14-10-12-8-4-5-9-13(12)15-14;1-24(17,18)13-25(19,20)9-2-10-26(21,22)15-6-4-14(5-7-15)11-3-8-23-12(11)16;1-8(2)10-6-5-7-11(9(3)4)12(10)13;1-4-11(2,3)15-10(14)12-7-5-9(13)6-8-12/h1-15H;1-9H,10H2;11H,2-10H2,1H3;5-9H,13H2,1-4H3;9,13H,4-8H2,1-3H3/q+1;;-1;;. The maximum Gasteiger partial charge on any atom is 0.410 e. The summed E-state index contributed by atoms with van der Waals surface area (Å²) in [6, 6.07) is 56.9. The maximum atomic E-state index is 12.3. The number of nitrogens with zero attached hydrogens (tertiary/aromatic N) is 5. The second-order valence-corrected chi connectivity index (χ2v) is 30.8. The Balaban J connectivity index is 0.000000180. The van der Waals surface area contributed by atoms with Crippen molar-refractivity contribution in [2.45, 2.75) is 131 Å². The zero-order chi connectivity index (χ0) is 64.1. The van der Waals surface area contributed by atoms with E-state index >= 15 is 0 Å². The number of anilines is 1. The number of hydrogen-bond donors (Lipinski definition) is 2. The first-order valence-corrected chi connectivity index (χ1v) is 36.3. The highest BCUT2D eigenvalue weighted by Gasteiger charge is 2.36. The molecular formula is C67H88N6O11S4. The number of aliphatic hydroxyl groups excluding tert-OH is 1. The smallest absolute Gasteiger partial charge is 0.410 e. The molecule has 6 aromatic carbocycles. The van der Waals surface area contributed by atoms with Gasteiger partial charge in [-0.25, -0.2) is 30.0 Å². The molecule has 3 N–H and O–H groups in total. The maximum absolute atomic E-state index is 12.3. The van der Waals surface area contributed by atoms with Crippen molar-refractivity contribution in [1.29, 1.82) is 0 Å². The third-order valence-corrected chi connectivity index (χ3v) is 22.1. The van der Waals surface area contributed by atoms with Gasteiger partial charge < -0.3 is 29.3 Å². The van der Waals surface area contributed by atoms with Crippen molar-refractivity contribution < 1.29 is 49.4 Å². The van der Waals surface area contributed by atoms with Gasteiger partial charge in [0, 0.05) is 69.8 Å².